The van der Waals surface area contributed by atoms with Gasteiger partial charge in [-0.2, -0.15) is 0 Å². The van der Waals surface area contributed by atoms with Crippen LogP contribution in [0.2, 0.25) is 0 Å². The Bertz CT molecular complexity index is 584. The summed E-state index contributed by atoms with van der Waals surface area (Å²) in [5.74, 6) is -0.766. The number of likely N-dealkylation sites (tertiary alicyclic amines) is 1. The van der Waals surface area contributed by atoms with Crippen LogP contribution >= 0.6 is 0 Å². The van der Waals surface area contributed by atoms with Crippen LogP contribution < -0.4 is 9.47 Å². The molecular formula is C16H21NO5. The highest BCUT2D eigenvalue weighted by Crippen LogP contribution is 2.42. The van der Waals surface area contributed by atoms with Crippen LogP contribution in [0, 0.1) is 5.92 Å². The number of rotatable bonds is 5. The molecule has 0 spiro atoms. The largest absolute Gasteiger partial charge is 0.493 e. The molecule has 1 heterocycles. The van der Waals surface area contributed by atoms with Crippen LogP contribution in [0.3, 0.4) is 0 Å². The van der Waals surface area contributed by atoms with E-state index in [2.05, 4.69) is 0 Å². The van der Waals surface area contributed by atoms with E-state index >= 15 is 0 Å². The number of hydrogen-bond donors (Lipinski definition) is 1. The zero-order valence-electron chi connectivity index (χ0n) is 13.2. The monoisotopic (exact) mass is 307 g/mol. The maximum atomic E-state index is 12.2. The van der Waals surface area contributed by atoms with E-state index in [0.717, 1.165) is 5.56 Å². The summed E-state index contributed by atoms with van der Waals surface area (Å²) in [5, 5.41) is 9.45. The van der Waals surface area contributed by atoms with Crippen LogP contribution in [0.4, 0.5) is 0 Å². The Hall–Kier alpha value is -2.24. The molecule has 1 fully saturated rings. The minimum Gasteiger partial charge on any atom is -0.493 e. The van der Waals surface area contributed by atoms with Gasteiger partial charge in [-0.05, 0) is 31.5 Å². The summed E-state index contributed by atoms with van der Waals surface area (Å²) in [6.45, 7) is 3.77. The molecule has 0 saturated carbocycles. The number of amides is 1. The number of carboxylic acid groups (broad SMARTS) is 1. The maximum absolute atomic E-state index is 12.2. The lowest BCUT2D eigenvalue weighted by Gasteiger charge is -2.31. The van der Waals surface area contributed by atoms with Crippen molar-refractivity contribution in [3.8, 4) is 11.5 Å². The lowest BCUT2D eigenvalue weighted by atomic mass is 9.93. The first-order valence-electron chi connectivity index (χ1n) is 7.16. The molecule has 1 aromatic carbocycles. The van der Waals surface area contributed by atoms with Crippen molar-refractivity contribution in [1.29, 1.82) is 0 Å². The van der Waals surface area contributed by atoms with Gasteiger partial charge in [0.05, 0.1) is 26.2 Å². The number of methoxy groups -OCH3 is 2. The number of nitrogens with zero attached hydrogens (tertiary/aromatic N) is 1. The van der Waals surface area contributed by atoms with Gasteiger partial charge in [-0.1, -0.05) is 6.07 Å². The average molecular weight is 307 g/mol. The quantitative estimate of drug-likeness (QED) is 0.901. The van der Waals surface area contributed by atoms with E-state index in [-0.39, 0.29) is 18.4 Å². The second-order valence-corrected chi connectivity index (χ2v) is 5.60. The van der Waals surface area contributed by atoms with E-state index in [0.29, 0.717) is 11.5 Å². The van der Waals surface area contributed by atoms with Crippen molar-refractivity contribution >= 4 is 11.9 Å². The van der Waals surface area contributed by atoms with Gasteiger partial charge in [0.15, 0.2) is 11.5 Å². The zero-order chi connectivity index (χ0) is 16.4. The highest BCUT2D eigenvalue weighted by Gasteiger charge is 2.45. The molecule has 22 heavy (non-hydrogen) atoms. The number of carbonyl (C=O) groups is 2. The zero-order valence-corrected chi connectivity index (χ0v) is 13.2. The first-order chi connectivity index (χ1) is 10.4. The van der Waals surface area contributed by atoms with Gasteiger partial charge in [0.1, 0.15) is 0 Å². The van der Waals surface area contributed by atoms with Gasteiger partial charge in [0, 0.05) is 12.5 Å². The van der Waals surface area contributed by atoms with Crippen molar-refractivity contribution in [2.45, 2.75) is 32.4 Å². The predicted octanol–water partition coefficient (Wildman–Crippen LogP) is 2.09. The molecule has 0 aromatic heterocycles. The van der Waals surface area contributed by atoms with Gasteiger partial charge in [-0.3, -0.25) is 9.59 Å². The third-order valence-corrected chi connectivity index (χ3v) is 3.99. The minimum absolute atomic E-state index is 0.0204. The number of carbonyl (C=O) groups excluding carboxylic acids is 1. The van der Waals surface area contributed by atoms with Gasteiger partial charge >= 0.3 is 5.97 Å². The van der Waals surface area contributed by atoms with Crippen molar-refractivity contribution in [2.75, 3.05) is 14.2 Å². The molecule has 1 N–H and O–H groups in total. The molecule has 6 nitrogen and oxygen atoms in total. The Morgan fingerprint density at radius 2 is 1.91 bits per heavy atom. The van der Waals surface area contributed by atoms with Crippen LogP contribution in [0.1, 0.15) is 31.9 Å². The highest BCUT2D eigenvalue weighted by atomic mass is 16.5. The first kappa shape index (κ1) is 16.1. The van der Waals surface area contributed by atoms with E-state index in [4.69, 9.17) is 9.47 Å². The Morgan fingerprint density at radius 3 is 2.41 bits per heavy atom. The molecule has 0 aliphatic carbocycles. The molecule has 0 bridgehead atoms. The van der Waals surface area contributed by atoms with E-state index < -0.39 is 17.9 Å². The second kappa shape index (κ2) is 6.25. The molecule has 0 radical (unpaired) electrons. The summed E-state index contributed by atoms with van der Waals surface area (Å²) in [5.41, 5.74) is 0.740. The molecule has 1 aromatic rings. The van der Waals surface area contributed by atoms with Crippen LogP contribution in [0.25, 0.3) is 0 Å². The molecule has 1 aliphatic heterocycles. The fraction of sp³-hybridized carbons (Fsp3) is 0.500. The summed E-state index contributed by atoms with van der Waals surface area (Å²) in [4.78, 5) is 25.4. The van der Waals surface area contributed by atoms with Gasteiger partial charge in [0.25, 0.3) is 0 Å². The molecule has 1 amide bonds. The topological polar surface area (TPSA) is 76.1 Å². The molecule has 2 unspecified atom stereocenters. The lowest BCUT2D eigenvalue weighted by Crippen LogP contribution is -2.36. The van der Waals surface area contributed by atoms with Gasteiger partial charge in [-0.25, -0.2) is 0 Å². The van der Waals surface area contributed by atoms with Gasteiger partial charge in [0.2, 0.25) is 5.91 Å². The van der Waals surface area contributed by atoms with Gasteiger partial charge in [-0.15, -0.1) is 0 Å². The van der Waals surface area contributed by atoms with Crippen molar-refractivity contribution < 1.29 is 24.2 Å². The number of benzene rings is 1. The Morgan fingerprint density at radius 1 is 1.27 bits per heavy atom. The summed E-state index contributed by atoms with van der Waals surface area (Å²) in [7, 11) is 3.06. The number of ether oxygens (including phenoxy) is 2. The summed E-state index contributed by atoms with van der Waals surface area (Å²) >= 11 is 0. The fourth-order valence-electron chi connectivity index (χ4n) is 3.02. The molecular weight excluding hydrogens is 286 g/mol. The van der Waals surface area contributed by atoms with Crippen LogP contribution in [0.5, 0.6) is 11.5 Å². The number of hydrogen-bond acceptors (Lipinski definition) is 4. The molecule has 1 aliphatic rings. The predicted molar refractivity (Wildman–Crippen MR) is 80.0 cm³/mol. The lowest BCUT2D eigenvalue weighted by molar-refractivity contribution is -0.142. The van der Waals surface area contributed by atoms with Crippen LogP contribution in [-0.2, 0) is 9.59 Å². The van der Waals surface area contributed by atoms with Crippen LogP contribution in [-0.4, -0.2) is 42.1 Å². The average Bonchev–Trinajstić information content (AvgIpc) is 2.84. The third kappa shape index (κ3) is 2.73. The Kier molecular flexibility index (Phi) is 4.59. The molecule has 120 valence electrons. The van der Waals surface area contributed by atoms with E-state index in [9.17, 15) is 14.7 Å². The SMILES string of the molecule is COc1ccc(C2C(C(=O)O)CC(=O)N2C(C)C)cc1OC. The molecule has 6 heteroatoms. The Labute approximate surface area is 129 Å². The van der Waals surface area contributed by atoms with E-state index in [1.807, 2.05) is 13.8 Å². The van der Waals surface area contributed by atoms with E-state index in [1.165, 1.54) is 14.2 Å². The maximum Gasteiger partial charge on any atom is 0.309 e. The first-order valence-corrected chi connectivity index (χ1v) is 7.16. The standard InChI is InChI=1S/C16H21NO5/c1-9(2)17-14(18)8-11(16(19)20)15(17)10-5-6-12(21-3)13(7-10)22-4/h5-7,9,11,15H,8H2,1-4H3,(H,19,20). The van der Waals surface area contributed by atoms with Crippen molar-refractivity contribution in [1.82, 2.24) is 4.90 Å². The van der Waals surface area contributed by atoms with E-state index in [1.54, 1.807) is 23.1 Å². The minimum atomic E-state index is -0.962. The fourth-order valence-corrected chi connectivity index (χ4v) is 3.02. The van der Waals surface area contributed by atoms with Crippen molar-refractivity contribution in [2.24, 2.45) is 5.92 Å². The summed E-state index contributed by atoms with van der Waals surface area (Å²) in [6.07, 6.45) is 0.0204. The molecule has 2 atom stereocenters. The number of carboxylic acids is 1. The Balaban J connectivity index is 2.49. The highest BCUT2D eigenvalue weighted by molar-refractivity contribution is 5.87. The molecule has 2 rings (SSSR count). The number of aliphatic carboxylic acids is 1. The normalized spacial score (nSPS) is 21.3. The summed E-state index contributed by atoms with van der Waals surface area (Å²) in [6, 6.07) is 4.69. The molecule has 1 saturated heterocycles. The van der Waals surface area contributed by atoms with Crippen LogP contribution in [0.15, 0.2) is 18.2 Å². The van der Waals surface area contributed by atoms with Crippen molar-refractivity contribution in [3.63, 3.8) is 0 Å². The second-order valence-electron chi connectivity index (χ2n) is 5.60. The van der Waals surface area contributed by atoms with Crippen molar-refractivity contribution in [3.05, 3.63) is 23.8 Å². The van der Waals surface area contributed by atoms with Gasteiger partial charge < -0.3 is 19.5 Å². The smallest absolute Gasteiger partial charge is 0.309 e. The summed E-state index contributed by atoms with van der Waals surface area (Å²) < 4.78 is 10.5. The third-order valence-electron chi connectivity index (χ3n) is 3.99.